The SMILES string of the molecule is CC(C)(C)OC(=O)N1CCC2(CC1)CC(=O)c1nn(C3CCCCC3)cc1O2. The fourth-order valence-electron chi connectivity index (χ4n) is 4.52. The molecule has 1 amide bonds. The molecule has 28 heavy (non-hydrogen) atoms. The molecule has 0 aromatic carbocycles. The van der Waals surface area contributed by atoms with E-state index in [1.54, 1.807) is 4.90 Å². The van der Waals surface area contributed by atoms with Crippen LogP contribution in [0, 0.1) is 0 Å². The van der Waals surface area contributed by atoms with E-state index in [9.17, 15) is 9.59 Å². The van der Waals surface area contributed by atoms with Gasteiger partial charge in [-0.2, -0.15) is 5.10 Å². The zero-order chi connectivity index (χ0) is 19.9. The Morgan fingerprint density at radius 3 is 2.54 bits per heavy atom. The molecule has 1 saturated carbocycles. The van der Waals surface area contributed by atoms with Gasteiger partial charge in [-0.25, -0.2) is 4.79 Å². The van der Waals surface area contributed by atoms with Crippen LogP contribution < -0.4 is 4.74 Å². The molecule has 0 unspecified atom stereocenters. The van der Waals surface area contributed by atoms with Gasteiger partial charge in [-0.15, -0.1) is 0 Å². The molecule has 1 saturated heterocycles. The lowest BCUT2D eigenvalue weighted by Crippen LogP contribution is -2.52. The van der Waals surface area contributed by atoms with E-state index in [-0.39, 0.29) is 11.9 Å². The molecule has 2 aliphatic heterocycles. The van der Waals surface area contributed by atoms with Crippen LogP contribution >= 0.6 is 0 Å². The van der Waals surface area contributed by atoms with Crippen LogP contribution in [0.4, 0.5) is 4.79 Å². The van der Waals surface area contributed by atoms with E-state index in [2.05, 4.69) is 5.10 Å². The van der Waals surface area contributed by atoms with E-state index >= 15 is 0 Å². The van der Waals surface area contributed by atoms with E-state index < -0.39 is 11.2 Å². The number of ketones is 1. The second-order valence-corrected chi connectivity index (χ2v) is 9.47. The molecule has 1 aromatic heterocycles. The lowest BCUT2D eigenvalue weighted by Gasteiger charge is -2.43. The summed E-state index contributed by atoms with van der Waals surface area (Å²) in [4.78, 5) is 26.8. The number of piperidine rings is 1. The predicted octanol–water partition coefficient (Wildman–Crippen LogP) is 4.12. The van der Waals surface area contributed by atoms with Crippen molar-refractivity contribution in [2.45, 2.75) is 89.4 Å². The van der Waals surface area contributed by atoms with E-state index in [1.165, 1.54) is 19.3 Å². The summed E-state index contributed by atoms with van der Waals surface area (Å²) in [5, 5.41) is 4.57. The van der Waals surface area contributed by atoms with Crippen molar-refractivity contribution in [2.75, 3.05) is 13.1 Å². The fraction of sp³-hybridized carbons (Fsp3) is 0.762. The van der Waals surface area contributed by atoms with Crippen LogP contribution in [0.25, 0.3) is 0 Å². The molecule has 3 aliphatic rings. The first-order chi connectivity index (χ1) is 13.2. The van der Waals surface area contributed by atoms with Crippen LogP contribution in [-0.2, 0) is 4.74 Å². The number of hydrogen-bond donors (Lipinski definition) is 0. The van der Waals surface area contributed by atoms with Gasteiger partial charge >= 0.3 is 6.09 Å². The van der Waals surface area contributed by atoms with Crippen molar-refractivity contribution in [3.05, 3.63) is 11.9 Å². The smallest absolute Gasteiger partial charge is 0.410 e. The minimum absolute atomic E-state index is 0.0570. The third kappa shape index (κ3) is 3.89. The number of hydrogen-bond acceptors (Lipinski definition) is 5. The van der Waals surface area contributed by atoms with Crippen LogP contribution in [0.15, 0.2) is 6.20 Å². The van der Waals surface area contributed by atoms with E-state index in [4.69, 9.17) is 9.47 Å². The van der Waals surface area contributed by atoms with Gasteiger partial charge < -0.3 is 14.4 Å². The second-order valence-electron chi connectivity index (χ2n) is 9.47. The minimum Gasteiger partial charge on any atom is -0.483 e. The number of carbonyl (C=O) groups is 2. The molecule has 7 heteroatoms. The van der Waals surface area contributed by atoms with Crippen LogP contribution in [0.3, 0.4) is 0 Å². The second kappa shape index (κ2) is 7.08. The summed E-state index contributed by atoms with van der Waals surface area (Å²) in [7, 11) is 0. The van der Waals surface area contributed by atoms with Gasteiger partial charge in [0.25, 0.3) is 0 Å². The number of fused-ring (bicyclic) bond motifs is 1. The van der Waals surface area contributed by atoms with Gasteiger partial charge in [0.1, 0.15) is 11.2 Å². The number of rotatable bonds is 1. The Hall–Kier alpha value is -2.05. The summed E-state index contributed by atoms with van der Waals surface area (Å²) in [5.74, 6) is 0.675. The van der Waals surface area contributed by atoms with Crippen LogP contribution in [0.5, 0.6) is 5.75 Å². The van der Waals surface area contributed by atoms with Crippen LogP contribution in [0.2, 0.25) is 0 Å². The van der Waals surface area contributed by atoms with Gasteiger partial charge in [0.2, 0.25) is 0 Å². The number of Topliss-reactive ketones (excluding diaryl/α,β-unsaturated/α-hetero) is 1. The lowest BCUT2D eigenvalue weighted by atomic mass is 9.84. The van der Waals surface area contributed by atoms with Crippen molar-refractivity contribution < 1.29 is 19.1 Å². The lowest BCUT2D eigenvalue weighted by molar-refractivity contribution is -0.0227. The highest BCUT2D eigenvalue weighted by atomic mass is 16.6. The first-order valence-corrected chi connectivity index (χ1v) is 10.5. The van der Waals surface area contributed by atoms with Crippen molar-refractivity contribution in [1.29, 1.82) is 0 Å². The van der Waals surface area contributed by atoms with E-state index in [0.717, 1.165) is 12.8 Å². The highest BCUT2D eigenvalue weighted by Gasteiger charge is 2.45. The zero-order valence-corrected chi connectivity index (χ0v) is 17.2. The summed E-state index contributed by atoms with van der Waals surface area (Å²) in [6.45, 7) is 6.67. The van der Waals surface area contributed by atoms with Gasteiger partial charge in [-0.3, -0.25) is 9.48 Å². The summed E-state index contributed by atoms with van der Waals surface area (Å²) in [6, 6.07) is 0.376. The molecular formula is C21H31N3O4. The van der Waals surface area contributed by atoms with Crippen molar-refractivity contribution >= 4 is 11.9 Å². The first-order valence-electron chi connectivity index (χ1n) is 10.5. The topological polar surface area (TPSA) is 73.7 Å². The van der Waals surface area contributed by atoms with Gasteiger partial charge in [0.15, 0.2) is 17.2 Å². The van der Waals surface area contributed by atoms with Gasteiger partial charge in [-0.1, -0.05) is 19.3 Å². The average molecular weight is 389 g/mol. The predicted molar refractivity (Wildman–Crippen MR) is 104 cm³/mol. The molecule has 7 nitrogen and oxygen atoms in total. The maximum atomic E-state index is 12.8. The van der Waals surface area contributed by atoms with Crippen LogP contribution in [0.1, 0.15) is 88.7 Å². The molecule has 4 rings (SSSR count). The largest absolute Gasteiger partial charge is 0.483 e. The van der Waals surface area contributed by atoms with Crippen molar-refractivity contribution in [3.63, 3.8) is 0 Å². The van der Waals surface area contributed by atoms with Gasteiger partial charge in [0.05, 0.1) is 18.7 Å². The molecule has 0 radical (unpaired) electrons. The number of amides is 1. The monoisotopic (exact) mass is 389 g/mol. The average Bonchev–Trinajstić information content (AvgIpc) is 3.06. The Morgan fingerprint density at radius 2 is 1.89 bits per heavy atom. The van der Waals surface area contributed by atoms with Crippen molar-refractivity contribution in [3.8, 4) is 5.75 Å². The molecule has 2 fully saturated rings. The van der Waals surface area contributed by atoms with Gasteiger partial charge in [0, 0.05) is 25.9 Å². The van der Waals surface area contributed by atoms with Crippen molar-refractivity contribution in [2.24, 2.45) is 0 Å². The molecule has 0 atom stereocenters. The Morgan fingerprint density at radius 1 is 1.21 bits per heavy atom. The number of ether oxygens (including phenoxy) is 2. The molecule has 154 valence electrons. The van der Waals surface area contributed by atoms with Gasteiger partial charge in [-0.05, 0) is 33.6 Å². The summed E-state index contributed by atoms with van der Waals surface area (Å²) in [5.41, 5.74) is -0.555. The third-order valence-electron chi connectivity index (χ3n) is 6.05. The van der Waals surface area contributed by atoms with E-state index in [1.807, 2.05) is 31.6 Å². The van der Waals surface area contributed by atoms with Crippen molar-refractivity contribution in [1.82, 2.24) is 14.7 Å². The molecule has 1 aromatic rings. The fourth-order valence-corrected chi connectivity index (χ4v) is 4.52. The number of nitrogens with zero attached hydrogens (tertiary/aromatic N) is 3. The number of carbonyl (C=O) groups excluding carboxylic acids is 2. The Labute approximate surface area is 166 Å². The molecule has 0 N–H and O–H groups in total. The normalized spacial score (nSPS) is 22.7. The quantitative estimate of drug-likeness (QED) is 0.722. The summed E-state index contributed by atoms with van der Waals surface area (Å²) < 4.78 is 13.8. The highest BCUT2D eigenvalue weighted by molar-refractivity contribution is 5.98. The number of likely N-dealkylation sites (tertiary alicyclic amines) is 1. The number of aromatic nitrogens is 2. The summed E-state index contributed by atoms with van der Waals surface area (Å²) in [6.07, 6.45) is 9.17. The third-order valence-corrected chi connectivity index (χ3v) is 6.05. The van der Waals surface area contributed by atoms with Crippen LogP contribution in [-0.4, -0.2) is 50.8 Å². The Balaban J connectivity index is 1.44. The highest BCUT2D eigenvalue weighted by Crippen LogP contribution is 2.40. The molecule has 1 spiro atoms. The molecule has 0 bridgehead atoms. The molecule has 1 aliphatic carbocycles. The molecule has 3 heterocycles. The maximum absolute atomic E-state index is 12.8. The minimum atomic E-state index is -0.525. The standard InChI is InChI=1S/C21H31N3O4/c1-20(2,3)28-19(26)23-11-9-21(10-12-23)13-16(25)18-17(27-21)14-24(22-18)15-7-5-4-6-8-15/h14-15H,4-13H2,1-3H3. The Bertz CT molecular complexity index is 750. The maximum Gasteiger partial charge on any atom is 0.410 e. The van der Waals surface area contributed by atoms with E-state index in [0.29, 0.717) is 49.8 Å². The Kier molecular flexibility index (Phi) is 4.88. The molecular weight excluding hydrogens is 358 g/mol. The first kappa shape index (κ1) is 19.3. The zero-order valence-electron chi connectivity index (χ0n) is 17.2. The summed E-state index contributed by atoms with van der Waals surface area (Å²) >= 11 is 0.